The molecule has 2 atom stereocenters. The zero-order valence-corrected chi connectivity index (χ0v) is 33.4. The minimum atomic E-state index is -0.762. The average Bonchev–Trinajstić information content (AvgIpc) is 3.76. The second-order valence-electron chi connectivity index (χ2n) is 15.8. The van der Waals surface area contributed by atoms with Gasteiger partial charge in [0.05, 0.1) is 6.54 Å². The first-order chi connectivity index (χ1) is 28.7. The molecule has 5 aromatic rings. The lowest BCUT2D eigenvalue weighted by atomic mass is 9.85. The number of fused-ring (bicyclic) bond motifs is 2. The lowest BCUT2D eigenvalue weighted by Crippen LogP contribution is -2.48. The number of benzene rings is 2. The SMILES string of the molecule is C=CCn1c(=O)c2cnc(Nc3ccc(N4CCN(CC5CCC5)CC4)cc3)nc2n1-c1ccc2c(n1)C(CC)CC2.O=C1CCC(Nc2ccc(O)c(F)c2)C(=O)N1. The summed E-state index contributed by atoms with van der Waals surface area (Å²) >= 11 is 0. The smallest absolute Gasteiger partial charge is 0.278 e. The van der Waals surface area contributed by atoms with E-state index in [1.165, 1.54) is 49.2 Å². The van der Waals surface area contributed by atoms with Gasteiger partial charge < -0.3 is 20.6 Å². The van der Waals surface area contributed by atoms with Crippen molar-refractivity contribution in [2.75, 3.05) is 48.3 Å². The van der Waals surface area contributed by atoms with Gasteiger partial charge in [0.1, 0.15) is 11.4 Å². The normalized spacial score (nSPS) is 19.4. The van der Waals surface area contributed by atoms with Gasteiger partial charge in [0.15, 0.2) is 23.0 Å². The number of phenols is 1. The first-order valence-electron chi connectivity index (χ1n) is 20.7. The van der Waals surface area contributed by atoms with Gasteiger partial charge in [-0.25, -0.2) is 23.7 Å². The highest BCUT2D eigenvalue weighted by Crippen LogP contribution is 2.35. The first kappa shape index (κ1) is 39.7. The fraction of sp³-hybridized carbons (Fsp3) is 0.409. The summed E-state index contributed by atoms with van der Waals surface area (Å²) in [7, 11) is 0. The molecule has 4 aliphatic rings. The molecule has 2 unspecified atom stereocenters. The number of rotatable bonds is 11. The third-order valence-electron chi connectivity index (χ3n) is 12.0. The van der Waals surface area contributed by atoms with Gasteiger partial charge in [-0.15, -0.1) is 6.58 Å². The van der Waals surface area contributed by atoms with Gasteiger partial charge in [0.2, 0.25) is 17.8 Å². The standard InChI is InChI=1S/C33H40N8O.C11H11FN2O3/c1-3-16-40-32(42)28-21-34-33(37-31(28)41(40)29-15-10-25-9-8-24(4-2)30(25)36-29)35-26-11-13-27(14-12-26)39-19-17-38(18-20-39)22-23-6-5-7-23;12-7-5-6(1-3-9(7)15)13-8-2-4-10(16)14-11(8)17/h3,10-15,21,23-24H,1,4-9,16-20,22H2,2H3,(H,34,35,37);1,3,5,8,13,15H,2,4H2,(H,14,16,17). The van der Waals surface area contributed by atoms with Crippen molar-refractivity contribution >= 4 is 45.9 Å². The molecular formula is C44H51FN10O4. The summed E-state index contributed by atoms with van der Waals surface area (Å²) in [4.78, 5) is 55.2. The van der Waals surface area contributed by atoms with E-state index in [0.717, 1.165) is 68.8 Å². The van der Waals surface area contributed by atoms with Gasteiger partial charge in [-0.05, 0) is 92.5 Å². The Balaban J connectivity index is 0.000000238. The number of aromatic hydroxyl groups is 1. The van der Waals surface area contributed by atoms with Crippen LogP contribution < -0.4 is 26.4 Å². The van der Waals surface area contributed by atoms with Crippen LogP contribution >= 0.6 is 0 Å². The molecule has 14 nitrogen and oxygen atoms in total. The minimum absolute atomic E-state index is 0.150. The summed E-state index contributed by atoms with van der Waals surface area (Å²) in [5.41, 5.74) is 5.36. The molecule has 2 amide bonds. The van der Waals surface area contributed by atoms with E-state index in [-0.39, 0.29) is 17.9 Å². The predicted molar refractivity (Wildman–Crippen MR) is 226 cm³/mol. The number of hydrogen-bond donors (Lipinski definition) is 4. The third kappa shape index (κ3) is 8.70. The Morgan fingerprint density at radius 2 is 1.73 bits per heavy atom. The van der Waals surface area contributed by atoms with E-state index in [2.05, 4.69) is 74.6 Å². The Labute approximate surface area is 342 Å². The van der Waals surface area contributed by atoms with E-state index in [1.54, 1.807) is 17.0 Å². The van der Waals surface area contributed by atoms with Crippen LogP contribution in [0.4, 0.5) is 27.4 Å². The number of aromatic nitrogens is 5. The molecule has 59 heavy (non-hydrogen) atoms. The van der Waals surface area contributed by atoms with Crippen LogP contribution in [0.2, 0.25) is 0 Å². The molecule has 4 N–H and O–H groups in total. The Morgan fingerprint density at radius 3 is 2.42 bits per heavy atom. The number of imide groups is 1. The van der Waals surface area contributed by atoms with Gasteiger partial charge in [0.25, 0.3) is 5.56 Å². The maximum Gasteiger partial charge on any atom is 0.278 e. The van der Waals surface area contributed by atoms with Crippen LogP contribution in [0.25, 0.3) is 16.9 Å². The number of anilines is 4. The Kier molecular flexibility index (Phi) is 11.7. The van der Waals surface area contributed by atoms with E-state index in [1.807, 2.05) is 10.7 Å². The first-order valence-corrected chi connectivity index (χ1v) is 20.7. The number of halogens is 1. The lowest BCUT2D eigenvalue weighted by molar-refractivity contribution is -0.133. The third-order valence-corrected chi connectivity index (χ3v) is 12.0. The molecule has 0 spiro atoms. The molecule has 1 saturated carbocycles. The van der Waals surface area contributed by atoms with Crippen molar-refractivity contribution < 1.29 is 19.1 Å². The van der Waals surface area contributed by atoms with Crippen molar-refractivity contribution in [1.82, 2.24) is 34.5 Å². The van der Waals surface area contributed by atoms with Crippen LogP contribution in [0.1, 0.15) is 69.0 Å². The number of carbonyl (C=O) groups is 2. The molecule has 0 bridgehead atoms. The number of aryl methyl sites for hydroxylation is 1. The molecule has 308 valence electrons. The molecule has 2 aliphatic heterocycles. The molecule has 2 aliphatic carbocycles. The number of nitrogens with zero attached hydrogens (tertiary/aromatic N) is 7. The number of allylic oxidation sites excluding steroid dienone is 1. The van der Waals surface area contributed by atoms with Crippen molar-refractivity contribution in [1.29, 1.82) is 0 Å². The quantitative estimate of drug-likeness (QED) is 0.0703. The Hall–Kier alpha value is -6.09. The molecule has 2 aromatic carbocycles. The summed E-state index contributed by atoms with van der Waals surface area (Å²) in [5, 5.41) is 17.8. The maximum atomic E-state index is 13.4. The highest BCUT2D eigenvalue weighted by molar-refractivity contribution is 6.01. The van der Waals surface area contributed by atoms with Gasteiger partial charge in [0, 0.05) is 80.1 Å². The van der Waals surface area contributed by atoms with Gasteiger partial charge in [-0.3, -0.25) is 24.6 Å². The second-order valence-corrected chi connectivity index (χ2v) is 15.8. The molecular weight excluding hydrogens is 752 g/mol. The van der Waals surface area contributed by atoms with Crippen molar-refractivity contribution in [3.05, 3.63) is 101 Å². The van der Waals surface area contributed by atoms with Crippen molar-refractivity contribution in [2.45, 2.75) is 76.8 Å². The zero-order valence-electron chi connectivity index (χ0n) is 33.4. The van der Waals surface area contributed by atoms with E-state index < -0.39 is 23.5 Å². The van der Waals surface area contributed by atoms with E-state index >= 15 is 0 Å². The van der Waals surface area contributed by atoms with Crippen molar-refractivity contribution in [3.63, 3.8) is 0 Å². The zero-order chi connectivity index (χ0) is 41.0. The summed E-state index contributed by atoms with van der Waals surface area (Å²) < 4.78 is 16.5. The van der Waals surface area contributed by atoms with Crippen LogP contribution in [-0.4, -0.2) is 84.9 Å². The monoisotopic (exact) mass is 802 g/mol. The van der Waals surface area contributed by atoms with Crippen molar-refractivity contribution in [3.8, 4) is 11.6 Å². The molecule has 2 saturated heterocycles. The van der Waals surface area contributed by atoms with Crippen LogP contribution in [0.3, 0.4) is 0 Å². The minimum Gasteiger partial charge on any atom is -0.505 e. The number of amides is 2. The highest BCUT2D eigenvalue weighted by Gasteiger charge is 2.28. The van der Waals surface area contributed by atoms with Gasteiger partial charge >= 0.3 is 0 Å². The molecule has 3 aromatic heterocycles. The molecule has 5 heterocycles. The van der Waals surface area contributed by atoms with Crippen LogP contribution in [-0.2, 0) is 22.6 Å². The Bertz CT molecular complexity index is 2400. The number of pyridine rings is 1. The number of hydrogen-bond acceptors (Lipinski definition) is 11. The molecule has 3 fully saturated rings. The fourth-order valence-corrected chi connectivity index (χ4v) is 8.39. The van der Waals surface area contributed by atoms with Crippen molar-refractivity contribution in [2.24, 2.45) is 5.92 Å². The molecule has 9 rings (SSSR count). The second kappa shape index (κ2) is 17.4. The summed E-state index contributed by atoms with van der Waals surface area (Å²) in [6.45, 7) is 12.1. The predicted octanol–water partition coefficient (Wildman–Crippen LogP) is 6.02. The van der Waals surface area contributed by atoms with E-state index in [9.17, 15) is 18.8 Å². The topological polar surface area (TPSA) is 163 Å². The van der Waals surface area contributed by atoms with E-state index in [4.69, 9.17) is 15.1 Å². The van der Waals surface area contributed by atoms with E-state index in [0.29, 0.717) is 47.4 Å². The van der Waals surface area contributed by atoms with Crippen LogP contribution in [0.5, 0.6) is 5.75 Å². The van der Waals surface area contributed by atoms with Gasteiger partial charge in [-0.2, -0.15) is 4.98 Å². The number of phenolic OH excluding ortho intramolecular Hbond substituents is 1. The summed E-state index contributed by atoms with van der Waals surface area (Å²) in [6.07, 6.45) is 11.4. The lowest BCUT2D eigenvalue weighted by Gasteiger charge is -2.39. The fourth-order valence-electron chi connectivity index (χ4n) is 8.39. The number of piperazine rings is 1. The van der Waals surface area contributed by atoms with Gasteiger partial charge in [-0.1, -0.05) is 25.5 Å². The maximum absolute atomic E-state index is 13.4. The summed E-state index contributed by atoms with van der Waals surface area (Å²) in [5.74, 6) is 0.589. The number of piperidine rings is 1. The van der Waals surface area contributed by atoms with Crippen LogP contribution in [0.15, 0.2) is 78.2 Å². The Morgan fingerprint density at radius 1 is 0.949 bits per heavy atom. The largest absolute Gasteiger partial charge is 0.505 e. The molecule has 15 heteroatoms. The number of nitrogens with one attached hydrogen (secondary N) is 3. The molecule has 0 radical (unpaired) electrons. The van der Waals surface area contributed by atoms with Crippen LogP contribution in [0, 0.1) is 11.7 Å². The average molecular weight is 803 g/mol. The highest BCUT2D eigenvalue weighted by atomic mass is 19.1. The number of carbonyl (C=O) groups excluding carboxylic acids is 2. The summed E-state index contributed by atoms with van der Waals surface area (Å²) in [6, 6.07) is 15.8.